The van der Waals surface area contributed by atoms with Gasteiger partial charge >= 0.3 is 0 Å². The quantitative estimate of drug-likeness (QED) is 0.842. The standard InChI is InChI=1S/C18H27NO3/c1-4-21-15-8-5-14(6-9-15)7-10-17(20)19-13-16-11-12-18(2,3)22-16/h5-6,8-9,16H,4,7,10-13H2,1-3H3,(H,19,20)/t16-/m1/s1. The minimum atomic E-state index is -0.0439. The number of nitrogens with one attached hydrogen (secondary N) is 1. The van der Waals surface area contributed by atoms with E-state index < -0.39 is 0 Å². The molecule has 2 rings (SSSR count). The van der Waals surface area contributed by atoms with Crippen molar-refractivity contribution in [3.8, 4) is 5.75 Å². The fourth-order valence-electron chi connectivity index (χ4n) is 2.71. The van der Waals surface area contributed by atoms with Crippen molar-refractivity contribution in [2.45, 2.75) is 58.2 Å². The van der Waals surface area contributed by atoms with Gasteiger partial charge < -0.3 is 14.8 Å². The molecular weight excluding hydrogens is 278 g/mol. The Morgan fingerprint density at radius 2 is 2.09 bits per heavy atom. The summed E-state index contributed by atoms with van der Waals surface area (Å²) in [6.07, 6.45) is 3.48. The van der Waals surface area contributed by atoms with Crippen molar-refractivity contribution in [2.24, 2.45) is 0 Å². The highest BCUT2D eigenvalue weighted by Gasteiger charge is 2.31. The summed E-state index contributed by atoms with van der Waals surface area (Å²) in [6, 6.07) is 7.93. The van der Waals surface area contributed by atoms with Gasteiger partial charge in [0.25, 0.3) is 0 Å². The Bertz CT molecular complexity index is 482. The average molecular weight is 305 g/mol. The normalized spacial score (nSPS) is 19.9. The van der Waals surface area contributed by atoms with Gasteiger partial charge in [-0.25, -0.2) is 0 Å². The first-order valence-corrected chi connectivity index (χ1v) is 8.15. The lowest BCUT2D eigenvalue weighted by Crippen LogP contribution is -2.33. The Hall–Kier alpha value is -1.55. The molecule has 1 heterocycles. The Morgan fingerprint density at radius 3 is 2.68 bits per heavy atom. The van der Waals surface area contributed by atoms with Gasteiger partial charge in [0.15, 0.2) is 0 Å². The van der Waals surface area contributed by atoms with Crippen LogP contribution in [0.25, 0.3) is 0 Å². The molecular formula is C18H27NO3. The summed E-state index contributed by atoms with van der Waals surface area (Å²) in [5.41, 5.74) is 1.11. The summed E-state index contributed by atoms with van der Waals surface area (Å²) < 4.78 is 11.3. The molecule has 0 radical (unpaired) electrons. The van der Waals surface area contributed by atoms with Crippen molar-refractivity contribution in [1.29, 1.82) is 0 Å². The predicted octanol–water partition coefficient (Wildman–Crippen LogP) is 3.09. The maximum Gasteiger partial charge on any atom is 0.220 e. The van der Waals surface area contributed by atoms with E-state index >= 15 is 0 Å². The van der Waals surface area contributed by atoms with E-state index in [-0.39, 0.29) is 17.6 Å². The summed E-state index contributed by atoms with van der Waals surface area (Å²) in [4.78, 5) is 11.9. The topological polar surface area (TPSA) is 47.6 Å². The second-order valence-electron chi connectivity index (χ2n) is 6.42. The summed E-state index contributed by atoms with van der Waals surface area (Å²) in [7, 11) is 0. The SMILES string of the molecule is CCOc1ccc(CCC(=O)NC[C@H]2CCC(C)(C)O2)cc1. The molecule has 1 saturated heterocycles. The molecule has 0 spiro atoms. The van der Waals surface area contributed by atoms with Gasteiger partial charge in [0, 0.05) is 13.0 Å². The van der Waals surface area contributed by atoms with Crippen LogP contribution in [-0.4, -0.2) is 30.8 Å². The van der Waals surface area contributed by atoms with E-state index in [1.165, 1.54) is 0 Å². The summed E-state index contributed by atoms with van der Waals surface area (Å²) in [5, 5.41) is 2.98. The number of carbonyl (C=O) groups excluding carboxylic acids is 1. The van der Waals surface area contributed by atoms with Gasteiger partial charge in [-0.1, -0.05) is 12.1 Å². The molecule has 0 aromatic heterocycles. The van der Waals surface area contributed by atoms with Gasteiger partial charge in [-0.05, 0) is 57.7 Å². The van der Waals surface area contributed by atoms with E-state index in [1.54, 1.807) is 0 Å². The third-order valence-electron chi connectivity index (χ3n) is 3.96. The minimum Gasteiger partial charge on any atom is -0.494 e. The van der Waals surface area contributed by atoms with Crippen LogP contribution in [0.3, 0.4) is 0 Å². The van der Waals surface area contributed by atoms with Crippen LogP contribution in [0.2, 0.25) is 0 Å². The van der Waals surface area contributed by atoms with Crippen LogP contribution in [0.15, 0.2) is 24.3 Å². The molecule has 1 aromatic rings. The fraction of sp³-hybridized carbons (Fsp3) is 0.611. The van der Waals surface area contributed by atoms with Crippen LogP contribution in [-0.2, 0) is 16.0 Å². The molecule has 1 amide bonds. The zero-order chi connectivity index (χ0) is 16.0. The van der Waals surface area contributed by atoms with Crippen LogP contribution >= 0.6 is 0 Å². The number of benzene rings is 1. The summed E-state index contributed by atoms with van der Waals surface area (Å²) in [5.74, 6) is 0.957. The Kier molecular flexibility index (Phi) is 5.83. The van der Waals surface area contributed by atoms with Crippen molar-refractivity contribution in [3.63, 3.8) is 0 Å². The average Bonchev–Trinajstić information content (AvgIpc) is 2.84. The van der Waals surface area contributed by atoms with Gasteiger partial charge in [-0.3, -0.25) is 4.79 Å². The van der Waals surface area contributed by atoms with Crippen molar-refractivity contribution in [1.82, 2.24) is 5.32 Å². The van der Waals surface area contributed by atoms with Gasteiger partial charge in [0.2, 0.25) is 5.91 Å². The number of amides is 1. The van der Waals surface area contributed by atoms with E-state index in [4.69, 9.17) is 9.47 Å². The molecule has 1 atom stereocenters. The lowest BCUT2D eigenvalue weighted by atomic mass is 10.1. The first-order valence-electron chi connectivity index (χ1n) is 8.15. The number of rotatable bonds is 7. The molecule has 0 unspecified atom stereocenters. The predicted molar refractivity (Wildman–Crippen MR) is 87.1 cm³/mol. The number of hydrogen-bond acceptors (Lipinski definition) is 3. The van der Waals surface area contributed by atoms with Gasteiger partial charge in [-0.15, -0.1) is 0 Å². The van der Waals surface area contributed by atoms with Crippen molar-refractivity contribution in [3.05, 3.63) is 29.8 Å². The molecule has 4 nitrogen and oxygen atoms in total. The van der Waals surface area contributed by atoms with Crippen LogP contribution in [0.5, 0.6) is 5.75 Å². The number of ether oxygens (including phenoxy) is 2. The van der Waals surface area contributed by atoms with Gasteiger partial charge in [-0.2, -0.15) is 0 Å². The first kappa shape index (κ1) is 16.8. The second-order valence-corrected chi connectivity index (χ2v) is 6.42. The Labute approximate surface area is 133 Å². The van der Waals surface area contributed by atoms with E-state index in [1.807, 2.05) is 31.2 Å². The molecule has 0 aliphatic carbocycles. The molecule has 0 saturated carbocycles. The van der Waals surface area contributed by atoms with E-state index in [2.05, 4.69) is 19.2 Å². The largest absolute Gasteiger partial charge is 0.494 e. The van der Waals surface area contributed by atoms with E-state index in [0.29, 0.717) is 19.6 Å². The highest BCUT2D eigenvalue weighted by molar-refractivity contribution is 5.76. The third-order valence-corrected chi connectivity index (χ3v) is 3.96. The minimum absolute atomic E-state index is 0.0439. The summed E-state index contributed by atoms with van der Waals surface area (Å²) in [6.45, 7) is 7.45. The van der Waals surface area contributed by atoms with Crippen LogP contribution in [0.4, 0.5) is 0 Å². The molecule has 22 heavy (non-hydrogen) atoms. The van der Waals surface area contributed by atoms with Crippen LogP contribution in [0.1, 0.15) is 45.6 Å². The zero-order valence-electron chi connectivity index (χ0n) is 13.9. The van der Waals surface area contributed by atoms with Gasteiger partial charge in [0.05, 0.1) is 18.3 Å². The van der Waals surface area contributed by atoms with Gasteiger partial charge in [0.1, 0.15) is 5.75 Å². The van der Waals surface area contributed by atoms with Crippen molar-refractivity contribution >= 4 is 5.91 Å². The maximum absolute atomic E-state index is 11.9. The lowest BCUT2D eigenvalue weighted by Gasteiger charge is -2.19. The molecule has 1 aliphatic heterocycles. The summed E-state index contributed by atoms with van der Waals surface area (Å²) >= 11 is 0. The first-order chi connectivity index (χ1) is 10.5. The lowest BCUT2D eigenvalue weighted by molar-refractivity contribution is -0.122. The third kappa shape index (κ3) is 5.34. The molecule has 0 bridgehead atoms. The Balaban J connectivity index is 1.67. The molecule has 1 aromatic carbocycles. The van der Waals surface area contributed by atoms with E-state index in [9.17, 15) is 4.79 Å². The van der Waals surface area contributed by atoms with Crippen LogP contribution in [0, 0.1) is 0 Å². The number of hydrogen-bond donors (Lipinski definition) is 1. The number of aryl methyl sites for hydroxylation is 1. The molecule has 1 fully saturated rings. The second kappa shape index (κ2) is 7.63. The van der Waals surface area contributed by atoms with E-state index in [0.717, 1.165) is 30.6 Å². The zero-order valence-corrected chi connectivity index (χ0v) is 13.9. The van der Waals surface area contributed by atoms with Crippen molar-refractivity contribution in [2.75, 3.05) is 13.2 Å². The smallest absolute Gasteiger partial charge is 0.220 e. The molecule has 1 aliphatic rings. The monoisotopic (exact) mass is 305 g/mol. The highest BCUT2D eigenvalue weighted by atomic mass is 16.5. The van der Waals surface area contributed by atoms with Crippen LogP contribution < -0.4 is 10.1 Å². The molecule has 122 valence electrons. The Morgan fingerprint density at radius 1 is 1.36 bits per heavy atom. The molecule has 4 heteroatoms. The molecule has 1 N–H and O–H groups in total. The fourth-order valence-corrected chi connectivity index (χ4v) is 2.71. The maximum atomic E-state index is 11.9. The van der Waals surface area contributed by atoms with Crippen molar-refractivity contribution < 1.29 is 14.3 Å². The highest BCUT2D eigenvalue weighted by Crippen LogP contribution is 2.28. The number of carbonyl (C=O) groups is 1.